The predicted octanol–water partition coefficient (Wildman–Crippen LogP) is 2.29. The van der Waals surface area contributed by atoms with Crippen LogP contribution >= 0.6 is 0 Å². The summed E-state index contributed by atoms with van der Waals surface area (Å²) < 4.78 is 14.8. The van der Waals surface area contributed by atoms with Crippen LogP contribution in [0.3, 0.4) is 0 Å². The topological polar surface area (TPSA) is 44.5 Å². The molecule has 0 atom stereocenters. The minimum atomic E-state index is -0.233. The minimum absolute atomic E-state index is 0.233. The molecule has 1 fully saturated rings. The van der Waals surface area contributed by atoms with E-state index in [-0.39, 0.29) is 12.4 Å². The van der Waals surface area contributed by atoms with Crippen molar-refractivity contribution in [3.8, 4) is 5.69 Å². The molecule has 1 aromatic heterocycles. The third kappa shape index (κ3) is 4.87. The van der Waals surface area contributed by atoms with Crippen LogP contribution in [0.4, 0.5) is 4.39 Å². The Bertz CT molecular complexity index is 650. The van der Waals surface area contributed by atoms with Gasteiger partial charge >= 0.3 is 0 Å². The monoisotopic (exact) mass is 346 g/mol. The molecule has 3 rings (SSSR count). The maximum atomic E-state index is 13.0. The van der Waals surface area contributed by atoms with Gasteiger partial charge in [-0.15, -0.1) is 0 Å². The first-order valence-electron chi connectivity index (χ1n) is 8.99. The van der Waals surface area contributed by atoms with Gasteiger partial charge in [0.1, 0.15) is 5.82 Å². The molecule has 2 heterocycles. The minimum Gasteiger partial charge on any atom is -0.396 e. The lowest BCUT2D eigenvalue weighted by molar-refractivity contribution is 0.116. The van der Waals surface area contributed by atoms with Crippen LogP contribution in [0.25, 0.3) is 5.69 Å². The average Bonchev–Trinajstić information content (AvgIpc) is 3.09. The van der Waals surface area contributed by atoms with E-state index in [0.717, 1.165) is 56.8 Å². The summed E-state index contributed by atoms with van der Waals surface area (Å²) in [5.74, 6) is -0.233. The van der Waals surface area contributed by atoms with Crippen molar-refractivity contribution < 1.29 is 9.50 Å². The molecule has 1 aromatic carbocycles. The van der Waals surface area contributed by atoms with Crippen molar-refractivity contribution in [1.29, 1.82) is 0 Å². The van der Waals surface area contributed by atoms with E-state index >= 15 is 0 Å². The number of halogens is 1. The highest BCUT2D eigenvalue weighted by Crippen LogP contribution is 2.18. The Balaban J connectivity index is 1.50. The molecule has 1 saturated heterocycles. The molecule has 1 aliphatic heterocycles. The van der Waals surface area contributed by atoms with Gasteiger partial charge in [-0.25, -0.2) is 9.07 Å². The Morgan fingerprint density at radius 3 is 2.60 bits per heavy atom. The van der Waals surface area contributed by atoms with E-state index in [9.17, 15) is 4.39 Å². The van der Waals surface area contributed by atoms with Crippen molar-refractivity contribution in [1.82, 2.24) is 19.6 Å². The normalized spacial score (nSPS) is 16.6. The van der Waals surface area contributed by atoms with Gasteiger partial charge in [-0.2, -0.15) is 5.10 Å². The number of likely N-dealkylation sites (tertiary alicyclic amines) is 1. The average molecular weight is 346 g/mol. The van der Waals surface area contributed by atoms with Crippen molar-refractivity contribution in [3.05, 3.63) is 48.0 Å². The number of aromatic nitrogens is 2. The van der Waals surface area contributed by atoms with Gasteiger partial charge in [-0.3, -0.25) is 4.90 Å². The smallest absolute Gasteiger partial charge is 0.123 e. The van der Waals surface area contributed by atoms with Gasteiger partial charge < -0.3 is 10.0 Å². The van der Waals surface area contributed by atoms with Gasteiger partial charge in [-0.05, 0) is 56.6 Å². The van der Waals surface area contributed by atoms with Crippen molar-refractivity contribution >= 4 is 0 Å². The fraction of sp³-hybridized carbons (Fsp3) is 0.526. The van der Waals surface area contributed by atoms with Crippen LogP contribution in [0.5, 0.6) is 0 Å². The summed E-state index contributed by atoms with van der Waals surface area (Å²) in [6.07, 6.45) is 5.08. The van der Waals surface area contributed by atoms with Crippen molar-refractivity contribution in [2.45, 2.75) is 31.8 Å². The molecule has 0 aliphatic carbocycles. The maximum absolute atomic E-state index is 13.0. The zero-order valence-corrected chi connectivity index (χ0v) is 14.8. The number of piperidine rings is 1. The van der Waals surface area contributed by atoms with E-state index in [1.54, 1.807) is 16.8 Å². The molecule has 1 aliphatic rings. The molecular formula is C19H27FN4O. The van der Waals surface area contributed by atoms with Crippen molar-refractivity contribution in [2.24, 2.45) is 0 Å². The maximum Gasteiger partial charge on any atom is 0.123 e. The van der Waals surface area contributed by atoms with E-state index in [4.69, 9.17) is 5.11 Å². The molecule has 0 bridgehead atoms. The second kappa shape index (κ2) is 8.56. The highest BCUT2D eigenvalue weighted by Gasteiger charge is 2.22. The predicted molar refractivity (Wildman–Crippen MR) is 96.2 cm³/mol. The number of hydrogen-bond donors (Lipinski definition) is 1. The highest BCUT2D eigenvalue weighted by atomic mass is 19.1. The molecule has 6 heteroatoms. The number of aliphatic hydroxyl groups excluding tert-OH is 1. The van der Waals surface area contributed by atoms with Crippen LogP contribution in [0.1, 0.15) is 25.0 Å². The molecule has 0 unspecified atom stereocenters. The zero-order valence-electron chi connectivity index (χ0n) is 14.8. The molecule has 5 nitrogen and oxygen atoms in total. The van der Waals surface area contributed by atoms with Gasteiger partial charge in [0.15, 0.2) is 0 Å². The second-order valence-corrected chi connectivity index (χ2v) is 6.79. The number of aliphatic hydroxyl groups is 1. The number of rotatable bonds is 7. The number of nitrogens with zero attached hydrogens (tertiary/aromatic N) is 4. The Kier molecular flexibility index (Phi) is 6.18. The van der Waals surface area contributed by atoms with Crippen LogP contribution in [0.2, 0.25) is 0 Å². The first-order chi connectivity index (χ1) is 12.2. The van der Waals surface area contributed by atoms with E-state index in [1.165, 1.54) is 12.1 Å². The van der Waals surface area contributed by atoms with E-state index in [0.29, 0.717) is 6.04 Å². The Hall–Kier alpha value is -1.76. The standard InChI is InChI=1S/C19H27FN4O/c1-22(10-2-14-25)18-8-11-23(12-9-18)15-17-7-13-24(21-17)19-5-3-16(20)4-6-19/h3-7,13,18,25H,2,8-12,14-15H2,1H3. The van der Waals surface area contributed by atoms with Gasteiger partial charge in [-0.1, -0.05) is 0 Å². The zero-order chi connectivity index (χ0) is 17.6. The summed E-state index contributed by atoms with van der Waals surface area (Å²) >= 11 is 0. The SMILES string of the molecule is CN(CCCO)C1CCN(Cc2ccn(-c3ccc(F)cc3)n2)CC1. The van der Waals surface area contributed by atoms with Crippen molar-refractivity contribution in [2.75, 3.05) is 33.3 Å². The van der Waals surface area contributed by atoms with Gasteiger partial charge in [0.05, 0.1) is 11.4 Å². The van der Waals surface area contributed by atoms with Crippen LogP contribution in [0, 0.1) is 5.82 Å². The Labute approximate surface area is 148 Å². The summed E-state index contributed by atoms with van der Waals surface area (Å²) in [5.41, 5.74) is 1.91. The molecule has 1 N–H and O–H groups in total. The lowest BCUT2D eigenvalue weighted by Crippen LogP contribution is -2.43. The first-order valence-corrected chi connectivity index (χ1v) is 8.99. The summed E-state index contributed by atoms with van der Waals surface area (Å²) in [7, 11) is 2.15. The summed E-state index contributed by atoms with van der Waals surface area (Å²) in [4.78, 5) is 4.81. The number of benzene rings is 1. The quantitative estimate of drug-likeness (QED) is 0.835. The molecule has 136 valence electrons. The largest absolute Gasteiger partial charge is 0.396 e. The fourth-order valence-corrected chi connectivity index (χ4v) is 3.43. The molecule has 25 heavy (non-hydrogen) atoms. The summed E-state index contributed by atoms with van der Waals surface area (Å²) in [6.45, 7) is 4.21. The Morgan fingerprint density at radius 2 is 1.92 bits per heavy atom. The lowest BCUT2D eigenvalue weighted by atomic mass is 10.0. The van der Waals surface area contributed by atoms with Gasteiger partial charge in [0, 0.05) is 45.0 Å². The molecule has 2 aromatic rings. The van der Waals surface area contributed by atoms with Crippen LogP contribution in [0.15, 0.2) is 36.5 Å². The molecule has 0 spiro atoms. The fourth-order valence-electron chi connectivity index (χ4n) is 3.43. The molecular weight excluding hydrogens is 319 g/mol. The van der Waals surface area contributed by atoms with Crippen LogP contribution < -0.4 is 0 Å². The molecule has 0 saturated carbocycles. The summed E-state index contributed by atoms with van der Waals surface area (Å²) in [6, 6.07) is 9.02. The Morgan fingerprint density at radius 1 is 1.20 bits per heavy atom. The molecule has 0 amide bonds. The number of hydrogen-bond acceptors (Lipinski definition) is 4. The van der Waals surface area contributed by atoms with Crippen molar-refractivity contribution in [3.63, 3.8) is 0 Å². The first kappa shape index (κ1) is 18.0. The van der Waals surface area contributed by atoms with Gasteiger partial charge in [0.25, 0.3) is 0 Å². The van der Waals surface area contributed by atoms with Gasteiger partial charge in [0.2, 0.25) is 0 Å². The summed E-state index contributed by atoms with van der Waals surface area (Å²) in [5, 5.41) is 13.6. The second-order valence-electron chi connectivity index (χ2n) is 6.79. The lowest BCUT2D eigenvalue weighted by Gasteiger charge is -2.36. The van der Waals surface area contributed by atoms with Crippen LogP contribution in [-0.4, -0.2) is 64.0 Å². The van der Waals surface area contributed by atoms with E-state index < -0.39 is 0 Å². The van der Waals surface area contributed by atoms with E-state index in [2.05, 4.69) is 21.9 Å². The molecule has 0 radical (unpaired) electrons. The third-order valence-electron chi connectivity index (χ3n) is 4.97. The highest BCUT2D eigenvalue weighted by molar-refractivity contribution is 5.31. The van der Waals surface area contributed by atoms with E-state index in [1.807, 2.05) is 12.3 Å². The van der Waals surface area contributed by atoms with Crippen LogP contribution in [-0.2, 0) is 6.54 Å². The third-order valence-corrected chi connectivity index (χ3v) is 4.97.